The number of para-hydroxylation sites is 1. The molecule has 0 unspecified atom stereocenters. The minimum absolute atomic E-state index is 0.258. The van der Waals surface area contributed by atoms with Crippen LogP contribution in [-0.2, 0) is 13.0 Å². The van der Waals surface area contributed by atoms with Crippen LogP contribution in [0.15, 0.2) is 112 Å². The first-order valence-corrected chi connectivity index (χ1v) is 14.1. The highest BCUT2D eigenvalue weighted by Gasteiger charge is 2.17. The lowest BCUT2D eigenvalue weighted by Crippen LogP contribution is -2.20. The highest BCUT2D eigenvalue weighted by atomic mass is 35.5. The zero-order chi connectivity index (χ0) is 29.9. The fraction of sp³-hybridized carbons (Fsp3) is 0.0882. The quantitative estimate of drug-likeness (QED) is 0.122. The van der Waals surface area contributed by atoms with E-state index in [4.69, 9.17) is 42.1 Å². The number of ether oxygens (including phenoxy) is 2. The first-order valence-electron chi connectivity index (χ1n) is 13.4. The summed E-state index contributed by atoms with van der Waals surface area (Å²) in [7, 11) is 1.58. The summed E-state index contributed by atoms with van der Waals surface area (Å²) >= 11 is 12.2. The molecule has 2 aromatic heterocycles. The fourth-order valence-corrected chi connectivity index (χ4v) is 5.06. The molecule has 0 aliphatic carbocycles. The molecule has 0 aliphatic heterocycles. The van der Waals surface area contributed by atoms with Crippen molar-refractivity contribution in [1.29, 1.82) is 0 Å². The van der Waals surface area contributed by atoms with Crippen LogP contribution in [-0.4, -0.2) is 23.0 Å². The van der Waals surface area contributed by atoms with E-state index in [9.17, 15) is 4.79 Å². The van der Waals surface area contributed by atoms with Gasteiger partial charge in [-0.05, 0) is 78.2 Å². The van der Waals surface area contributed by atoms with Crippen molar-refractivity contribution in [2.45, 2.75) is 13.0 Å². The van der Waals surface area contributed by atoms with E-state index >= 15 is 0 Å². The molecule has 0 N–H and O–H groups in total. The molecule has 9 heteroatoms. The number of halogens is 2. The Morgan fingerprint density at radius 1 is 1.00 bits per heavy atom. The van der Waals surface area contributed by atoms with E-state index in [1.807, 2.05) is 36.4 Å². The van der Waals surface area contributed by atoms with Crippen molar-refractivity contribution in [3.8, 4) is 23.1 Å². The third-order valence-corrected chi connectivity index (χ3v) is 7.30. The van der Waals surface area contributed by atoms with Crippen LogP contribution >= 0.6 is 23.2 Å². The van der Waals surface area contributed by atoms with E-state index in [2.05, 4.69) is 11.7 Å². The number of fused-ring (bicyclic) bond motifs is 2. The van der Waals surface area contributed by atoms with E-state index in [1.165, 1.54) is 4.68 Å². The minimum Gasteiger partial charge on any atom is -0.493 e. The summed E-state index contributed by atoms with van der Waals surface area (Å²) < 4.78 is 19.2. The molecule has 0 saturated carbocycles. The molecule has 2 heterocycles. The van der Waals surface area contributed by atoms with Crippen LogP contribution in [0.4, 0.5) is 0 Å². The van der Waals surface area contributed by atoms with Gasteiger partial charge in [-0.1, -0.05) is 53.5 Å². The number of benzene rings is 4. The number of allylic oxidation sites excluding steroid dienone is 1. The Balaban J connectivity index is 1.42. The number of rotatable bonds is 9. The number of nitrogens with zero attached hydrogens (tertiary/aromatic N) is 3. The number of hydrogen-bond donors (Lipinski definition) is 0. The Bertz CT molecular complexity index is 2060. The maximum absolute atomic E-state index is 13.7. The predicted molar refractivity (Wildman–Crippen MR) is 172 cm³/mol. The van der Waals surface area contributed by atoms with Gasteiger partial charge in [0.15, 0.2) is 17.3 Å². The van der Waals surface area contributed by atoms with Crippen LogP contribution in [0.5, 0.6) is 11.5 Å². The van der Waals surface area contributed by atoms with Crippen molar-refractivity contribution in [1.82, 2.24) is 9.66 Å². The van der Waals surface area contributed by atoms with Gasteiger partial charge in [-0.2, -0.15) is 9.78 Å². The molecule has 0 amide bonds. The van der Waals surface area contributed by atoms with Gasteiger partial charge in [0, 0.05) is 21.0 Å². The van der Waals surface area contributed by atoms with Crippen molar-refractivity contribution in [3.05, 3.63) is 135 Å². The molecular weight excluding hydrogens is 585 g/mol. The smallest absolute Gasteiger partial charge is 0.282 e. The number of furan rings is 1. The highest BCUT2D eigenvalue weighted by molar-refractivity contribution is 6.31. The molecule has 0 radical (unpaired) electrons. The maximum Gasteiger partial charge on any atom is 0.282 e. The van der Waals surface area contributed by atoms with Crippen molar-refractivity contribution in [3.63, 3.8) is 0 Å². The van der Waals surface area contributed by atoms with Crippen LogP contribution in [0.3, 0.4) is 0 Å². The van der Waals surface area contributed by atoms with E-state index in [-0.39, 0.29) is 11.4 Å². The number of aromatic nitrogens is 2. The first-order chi connectivity index (χ1) is 20.9. The van der Waals surface area contributed by atoms with Gasteiger partial charge in [0.2, 0.25) is 5.82 Å². The summed E-state index contributed by atoms with van der Waals surface area (Å²) in [6, 6.07) is 25.4. The van der Waals surface area contributed by atoms with Crippen molar-refractivity contribution < 1.29 is 13.9 Å². The van der Waals surface area contributed by atoms with Crippen LogP contribution in [0.2, 0.25) is 10.0 Å². The Morgan fingerprint density at radius 2 is 1.79 bits per heavy atom. The summed E-state index contributed by atoms with van der Waals surface area (Å²) in [4.78, 5) is 18.4. The van der Waals surface area contributed by atoms with Gasteiger partial charge < -0.3 is 13.9 Å². The molecule has 0 spiro atoms. The molecule has 0 saturated heterocycles. The molecule has 0 bridgehead atoms. The summed E-state index contributed by atoms with van der Waals surface area (Å²) in [6.45, 7) is 4.22. The Labute approximate surface area is 257 Å². The van der Waals surface area contributed by atoms with Crippen molar-refractivity contribution in [2.24, 2.45) is 5.10 Å². The molecule has 0 aliphatic rings. The van der Waals surface area contributed by atoms with Crippen molar-refractivity contribution >= 4 is 51.3 Å². The van der Waals surface area contributed by atoms with Gasteiger partial charge in [-0.3, -0.25) is 4.79 Å². The SMILES string of the molecule is C=CCc1cc(C=Nn2c(-c3cc4cc(Cl)ccc4o3)nc3ccccc3c2=O)cc(OC)c1OCc1ccc(Cl)cc1. The van der Waals surface area contributed by atoms with Gasteiger partial charge in [0.25, 0.3) is 5.56 Å². The minimum atomic E-state index is -0.337. The van der Waals surface area contributed by atoms with Gasteiger partial charge >= 0.3 is 0 Å². The zero-order valence-corrected chi connectivity index (χ0v) is 24.6. The summed E-state index contributed by atoms with van der Waals surface area (Å²) in [5.74, 6) is 1.76. The van der Waals surface area contributed by atoms with Crippen LogP contribution in [0.1, 0.15) is 16.7 Å². The van der Waals surface area contributed by atoms with E-state index in [0.717, 1.165) is 16.5 Å². The molecule has 43 heavy (non-hydrogen) atoms. The Morgan fingerprint density at radius 3 is 2.58 bits per heavy atom. The summed E-state index contributed by atoms with van der Waals surface area (Å²) in [5.41, 5.74) is 3.31. The Hall–Kier alpha value is -4.85. The highest BCUT2D eigenvalue weighted by Crippen LogP contribution is 2.34. The zero-order valence-electron chi connectivity index (χ0n) is 23.1. The molecule has 0 atom stereocenters. The van der Waals surface area contributed by atoms with Crippen LogP contribution in [0.25, 0.3) is 33.5 Å². The molecule has 7 nitrogen and oxygen atoms in total. The van der Waals surface area contributed by atoms with Gasteiger partial charge in [0.1, 0.15) is 12.2 Å². The normalized spacial score (nSPS) is 11.4. The summed E-state index contributed by atoms with van der Waals surface area (Å²) in [6.07, 6.45) is 3.89. The van der Waals surface area contributed by atoms with E-state index < -0.39 is 0 Å². The van der Waals surface area contributed by atoms with Crippen LogP contribution < -0.4 is 15.0 Å². The topological polar surface area (TPSA) is 78.9 Å². The molecule has 0 fully saturated rings. The van der Waals surface area contributed by atoms with Gasteiger partial charge in [-0.15, -0.1) is 6.58 Å². The predicted octanol–water partition coefficient (Wildman–Crippen LogP) is 8.31. The average Bonchev–Trinajstić information content (AvgIpc) is 3.44. The monoisotopic (exact) mass is 609 g/mol. The summed E-state index contributed by atoms with van der Waals surface area (Å²) in [5, 5.41) is 7.04. The van der Waals surface area contributed by atoms with Crippen molar-refractivity contribution in [2.75, 3.05) is 7.11 Å². The lowest BCUT2D eigenvalue weighted by Gasteiger charge is -2.16. The van der Waals surface area contributed by atoms with E-state index in [1.54, 1.807) is 67.9 Å². The molecule has 6 rings (SSSR count). The van der Waals surface area contributed by atoms with E-state index in [0.29, 0.717) is 62.4 Å². The maximum atomic E-state index is 13.7. The molecular formula is C34H25Cl2N3O4. The van der Waals surface area contributed by atoms with Gasteiger partial charge in [0.05, 0.1) is 24.2 Å². The van der Waals surface area contributed by atoms with Gasteiger partial charge in [-0.25, -0.2) is 4.98 Å². The number of hydrogen-bond acceptors (Lipinski definition) is 6. The second kappa shape index (κ2) is 12.2. The molecule has 6 aromatic rings. The second-order valence-corrected chi connectivity index (χ2v) is 10.6. The third-order valence-electron chi connectivity index (χ3n) is 6.81. The van der Waals surface area contributed by atoms with Crippen LogP contribution in [0, 0.1) is 0 Å². The standard InChI is InChI=1S/C34H25Cl2N3O4/c1-3-6-23-15-22(16-30(41-2)32(23)42-20-21-9-11-25(35)12-10-21)19-37-39-33(38-28-8-5-4-7-27(28)34(39)40)31-18-24-17-26(36)13-14-29(24)43-31/h3-5,7-19H,1,6,20H2,2H3. The Kier molecular flexibility index (Phi) is 8.01. The lowest BCUT2D eigenvalue weighted by atomic mass is 10.1. The largest absolute Gasteiger partial charge is 0.493 e. The third kappa shape index (κ3) is 5.91. The average molecular weight is 610 g/mol. The molecule has 4 aromatic carbocycles. The number of methoxy groups -OCH3 is 1. The first kappa shape index (κ1) is 28.3. The second-order valence-electron chi connectivity index (χ2n) is 9.73. The lowest BCUT2D eigenvalue weighted by molar-refractivity contribution is 0.282. The molecule has 214 valence electrons. The fourth-order valence-electron chi connectivity index (χ4n) is 4.76.